The summed E-state index contributed by atoms with van der Waals surface area (Å²) in [5.74, 6) is -0.731. The zero-order valence-electron chi connectivity index (χ0n) is 13.8. The molecule has 0 aromatic carbocycles. The van der Waals surface area contributed by atoms with E-state index < -0.39 is 12.0 Å². The molecule has 2 fully saturated rings. The fourth-order valence-corrected chi connectivity index (χ4v) is 3.56. The average molecular weight is 332 g/mol. The van der Waals surface area contributed by atoms with E-state index >= 15 is 0 Å². The van der Waals surface area contributed by atoms with Crippen molar-refractivity contribution in [2.45, 2.75) is 63.5 Å². The van der Waals surface area contributed by atoms with Gasteiger partial charge in [0.15, 0.2) is 0 Å². The van der Waals surface area contributed by atoms with Gasteiger partial charge in [0.2, 0.25) is 5.88 Å². The SMILES string of the molecule is O=C(O)[C@H]1CCCCN1C(=O)c1ccnc(OC2CCCCC2)c1. The van der Waals surface area contributed by atoms with Crippen LogP contribution in [0.4, 0.5) is 0 Å². The second-order valence-electron chi connectivity index (χ2n) is 6.61. The summed E-state index contributed by atoms with van der Waals surface area (Å²) in [5, 5.41) is 9.34. The maximum atomic E-state index is 12.7. The number of amides is 1. The third-order valence-corrected chi connectivity index (χ3v) is 4.87. The lowest BCUT2D eigenvalue weighted by atomic mass is 9.98. The smallest absolute Gasteiger partial charge is 0.326 e. The van der Waals surface area contributed by atoms with Crippen LogP contribution in [0, 0.1) is 0 Å². The van der Waals surface area contributed by atoms with Gasteiger partial charge in [-0.3, -0.25) is 4.79 Å². The highest BCUT2D eigenvalue weighted by atomic mass is 16.5. The van der Waals surface area contributed by atoms with Gasteiger partial charge < -0.3 is 14.7 Å². The molecule has 1 amide bonds. The number of nitrogens with zero attached hydrogens (tertiary/aromatic N) is 2. The number of aromatic nitrogens is 1. The van der Waals surface area contributed by atoms with Gasteiger partial charge in [0.05, 0.1) is 0 Å². The molecule has 24 heavy (non-hydrogen) atoms. The van der Waals surface area contributed by atoms with Crippen molar-refractivity contribution in [3.8, 4) is 5.88 Å². The van der Waals surface area contributed by atoms with Crippen molar-refractivity contribution in [1.82, 2.24) is 9.88 Å². The number of aliphatic carboxylic acids is 1. The quantitative estimate of drug-likeness (QED) is 0.917. The maximum absolute atomic E-state index is 12.7. The van der Waals surface area contributed by atoms with Crippen LogP contribution in [0.3, 0.4) is 0 Å². The van der Waals surface area contributed by atoms with E-state index in [4.69, 9.17) is 4.74 Å². The lowest BCUT2D eigenvalue weighted by molar-refractivity contribution is -0.143. The number of carbonyl (C=O) groups excluding carboxylic acids is 1. The molecule has 1 aliphatic carbocycles. The van der Waals surface area contributed by atoms with Gasteiger partial charge in [-0.05, 0) is 51.0 Å². The molecule has 2 aliphatic rings. The van der Waals surface area contributed by atoms with Gasteiger partial charge in [0.1, 0.15) is 12.1 Å². The largest absolute Gasteiger partial charge is 0.480 e. The molecule has 1 aliphatic heterocycles. The predicted octanol–water partition coefficient (Wildman–Crippen LogP) is 2.87. The number of pyridine rings is 1. The standard InChI is InChI=1S/C18H24N2O4/c21-17(20-11-5-4-8-15(20)18(22)23)13-9-10-19-16(12-13)24-14-6-2-1-3-7-14/h9-10,12,14-15H,1-8,11H2,(H,22,23)/t15-/m1/s1. The fraction of sp³-hybridized carbons (Fsp3) is 0.611. The molecule has 1 aromatic heterocycles. The number of ether oxygens (including phenoxy) is 1. The number of rotatable bonds is 4. The first-order valence-electron chi connectivity index (χ1n) is 8.81. The summed E-state index contributed by atoms with van der Waals surface area (Å²) in [7, 11) is 0. The minimum absolute atomic E-state index is 0.165. The number of piperidine rings is 1. The van der Waals surface area contributed by atoms with Crippen LogP contribution in [0.5, 0.6) is 5.88 Å². The van der Waals surface area contributed by atoms with Gasteiger partial charge >= 0.3 is 5.97 Å². The highest BCUT2D eigenvalue weighted by Gasteiger charge is 2.32. The van der Waals surface area contributed by atoms with Crippen molar-refractivity contribution in [3.05, 3.63) is 23.9 Å². The Kier molecular flexibility index (Phi) is 5.33. The molecule has 0 unspecified atom stereocenters. The molecular weight excluding hydrogens is 308 g/mol. The van der Waals surface area contributed by atoms with E-state index in [2.05, 4.69) is 4.98 Å². The van der Waals surface area contributed by atoms with Gasteiger partial charge in [-0.2, -0.15) is 0 Å². The van der Waals surface area contributed by atoms with Crippen LogP contribution in [0.1, 0.15) is 61.7 Å². The topological polar surface area (TPSA) is 79.7 Å². The third-order valence-electron chi connectivity index (χ3n) is 4.87. The molecule has 1 saturated carbocycles. The van der Waals surface area contributed by atoms with Crippen LogP contribution in [0.2, 0.25) is 0 Å². The lowest BCUT2D eigenvalue weighted by Crippen LogP contribution is -2.48. The number of carboxylic acid groups (broad SMARTS) is 1. The van der Waals surface area contributed by atoms with E-state index in [1.54, 1.807) is 18.3 Å². The molecule has 3 rings (SSSR count). The Morgan fingerprint density at radius 1 is 1.12 bits per heavy atom. The van der Waals surface area contributed by atoms with Gasteiger partial charge in [-0.15, -0.1) is 0 Å². The Morgan fingerprint density at radius 3 is 2.62 bits per heavy atom. The van der Waals surface area contributed by atoms with E-state index in [9.17, 15) is 14.7 Å². The Bertz CT molecular complexity index is 598. The summed E-state index contributed by atoms with van der Waals surface area (Å²) in [5.41, 5.74) is 0.448. The van der Waals surface area contributed by atoms with Gasteiger partial charge in [0, 0.05) is 24.4 Å². The van der Waals surface area contributed by atoms with Crippen molar-refractivity contribution in [2.24, 2.45) is 0 Å². The Labute approximate surface area is 141 Å². The lowest BCUT2D eigenvalue weighted by Gasteiger charge is -2.33. The fourth-order valence-electron chi connectivity index (χ4n) is 3.56. The zero-order chi connectivity index (χ0) is 16.9. The summed E-state index contributed by atoms with van der Waals surface area (Å²) in [6, 6.07) is 2.54. The molecule has 0 bridgehead atoms. The van der Waals surface area contributed by atoms with E-state index in [-0.39, 0.29) is 12.0 Å². The Balaban J connectivity index is 1.72. The molecular formula is C18H24N2O4. The monoisotopic (exact) mass is 332 g/mol. The van der Waals surface area contributed by atoms with E-state index in [1.165, 1.54) is 11.3 Å². The molecule has 1 aromatic rings. The first-order valence-corrected chi connectivity index (χ1v) is 8.81. The maximum Gasteiger partial charge on any atom is 0.326 e. The molecule has 0 spiro atoms. The molecule has 0 radical (unpaired) electrons. The first kappa shape index (κ1) is 16.7. The van der Waals surface area contributed by atoms with Crippen LogP contribution in [0.25, 0.3) is 0 Å². The highest BCUT2D eigenvalue weighted by molar-refractivity contribution is 5.96. The van der Waals surface area contributed by atoms with Crippen LogP contribution in [-0.2, 0) is 4.79 Å². The summed E-state index contributed by atoms with van der Waals surface area (Å²) < 4.78 is 5.91. The number of hydrogen-bond acceptors (Lipinski definition) is 4. The third kappa shape index (κ3) is 3.86. The number of hydrogen-bond donors (Lipinski definition) is 1. The van der Waals surface area contributed by atoms with Gasteiger partial charge in [-0.25, -0.2) is 9.78 Å². The number of likely N-dealkylation sites (tertiary alicyclic amines) is 1. The summed E-state index contributed by atoms with van der Waals surface area (Å²) in [4.78, 5) is 29.8. The normalized spacial score (nSPS) is 22.2. The summed E-state index contributed by atoms with van der Waals surface area (Å²) in [6.07, 6.45) is 9.53. The number of carboxylic acids is 1. The van der Waals surface area contributed by atoms with Crippen molar-refractivity contribution in [1.29, 1.82) is 0 Å². The van der Waals surface area contributed by atoms with Crippen molar-refractivity contribution in [2.75, 3.05) is 6.54 Å². The predicted molar refractivity (Wildman–Crippen MR) is 88.0 cm³/mol. The average Bonchev–Trinajstić information content (AvgIpc) is 2.62. The van der Waals surface area contributed by atoms with Gasteiger partial charge in [0.25, 0.3) is 5.91 Å². The molecule has 2 heterocycles. The second kappa shape index (κ2) is 7.64. The van der Waals surface area contributed by atoms with Crippen molar-refractivity contribution < 1.29 is 19.4 Å². The van der Waals surface area contributed by atoms with Crippen molar-refractivity contribution >= 4 is 11.9 Å². The number of carbonyl (C=O) groups is 2. The van der Waals surface area contributed by atoms with Crippen LogP contribution >= 0.6 is 0 Å². The zero-order valence-corrected chi connectivity index (χ0v) is 13.8. The second-order valence-corrected chi connectivity index (χ2v) is 6.61. The van der Waals surface area contributed by atoms with Gasteiger partial charge in [-0.1, -0.05) is 6.42 Å². The minimum Gasteiger partial charge on any atom is -0.480 e. The van der Waals surface area contributed by atoms with E-state index in [1.807, 2.05) is 0 Å². The molecule has 1 N–H and O–H groups in total. The molecule has 130 valence electrons. The molecule has 1 atom stereocenters. The Morgan fingerprint density at radius 2 is 1.88 bits per heavy atom. The highest BCUT2D eigenvalue weighted by Crippen LogP contribution is 2.24. The Hall–Kier alpha value is -2.11. The van der Waals surface area contributed by atoms with Crippen molar-refractivity contribution in [3.63, 3.8) is 0 Å². The van der Waals surface area contributed by atoms with Crippen LogP contribution in [0.15, 0.2) is 18.3 Å². The molecule has 6 heteroatoms. The minimum atomic E-state index is -0.934. The van der Waals surface area contributed by atoms with Crippen LogP contribution in [-0.4, -0.2) is 45.6 Å². The van der Waals surface area contributed by atoms with E-state index in [0.717, 1.165) is 38.5 Å². The van der Waals surface area contributed by atoms with Crippen LogP contribution < -0.4 is 4.74 Å². The first-order chi connectivity index (χ1) is 11.6. The molecule has 6 nitrogen and oxygen atoms in total. The van der Waals surface area contributed by atoms with E-state index in [0.29, 0.717) is 24.4 Å². The summed E-state index contributed by atoms with van der Waals surface area (Å²) >= 11 is 0. The summed E-state index contributed by atoms with van der Waals surface area (Å²) in [6.45, 7) is 0.483. The molecule has 1 saturated heterocycles.